The van der Waals surface area contributed by atoms with Crippen LogP contribution in [0.2, 0.25) is 0 Å². The van der Waals surface area contributed by atoms with E-state index in [2.05, 4.69) is 6.92 Å². The summed E-state index contributed by atoms with van der Waals surface area (Å²) in [7, 11) is -3.05. The number of hydrogen-bond acceptors (Lipinski definition) is 2. The molecule has 0 saturated carbocycles. The van der Waals surface area contributed by atoms with Gasteiger partial charge in [0.25, 0.3) is 0 Å². The molecule has 1 radical (unpaired) electrons. The summed E-state index contributed by atoms with van der Waals surface area (Å²) in [5.41, 5.74) is 1.13. The van der Waals surface area contributed by atoms with E-state index in [0.717, 1.165) is 18.4 Å². The Kier molecular flexibility index (Phi) is 3.09. The normalized spacial score (nSPS) is 11.5. The van der Waals surface area contributed by atoms with E-state index in [1.54, 1.807) is 12.1 Å². The first kappa shape index (κ1) is 10.3. The summed E-state index contributed by atoms with van der Waals surface area (Å²) in [6.45, 7) is 3.73. The number of rotatable bonds is 3. The topological polar surface area (TPSA) is 34.1 Å². The molecule has 0 N–H and O–H groups in total. The van der Waals surface area contributed by atoms with E-state index in [0.29, 0.717) is 4.90 Å². The molecule has 1 aromatic carbocycles. The van der Waals surface area contributed by atoms with Gasteiger partial charge in [-0.25, -0.2) is 8.42 Å². The molecular formula is C10H13O2S. The number of aryl methyl sites for hydroxylation is 1. The molecule has 71 valence electrons. The van der Waals surface area contributed by atoms with E-state index >= 15 is 0 Å². The lowest BCUT2D eigenvalue weighted by Gasteiger charge is -2.00. The van der Waals surface area contributed by atoms with Crippen LogP contribution >= 0.6 is 0 Å². The molecule has 0 aliphatic rings. The predicted molar refractivity (Wildman–Crippen MR) is 53.2 cm³/mol. The molecule has 2 nitrogen and oxygen atoms in total. The molecule has 1 rings (SSSR count). The first-order chi connectivity index (χ1) is 6.04. The molecule has 3 heteroatoms. The zero-order valence-corrected chi connectivity index (χ0v) is 8.47. The van der Waals surface area contributed by atoms with Gasteiger partial charge in [-0.3, -0.25) is 0 Å². The maximum absolute atomic E-state index is 11.1. The molecule has 1 aromatic rings. The van der Waals surface area contributed by atoms with E-state index in [4.69, 9.17) is 0 Å². The minimum absolute atomic E-state index is 0.375. The van der Waals surface area contributed by atoms with Crippen LogP contribution in [-0.2, 0) is 16.3 Å². The van der Waals surface area contributed by atoms with E-state index in [-0.39, 0.29) is 0 Å². The van der Waals surface area contributed by atoms with E-state index in [9.17, 15) is 8.42 Å². The molecule has 0 fully saturated rings. The Morgan fingerprint density at radius 2 is 1.77 bits per heavy atom. The van der Waals surface area contributed by atoms with Gasteiger partial charge in [0.15, 0.2) is 9.84 Å². The third-order valence-corrected chi connectivity index (χ3v) is 2.95. The van der Waals surface area contributed by atoms with Crippen molar-refractivity contribution < 1.29 is 8.42 Å². The fraction of sp³-hybridized carbons (Fsp3) is 0.300. The van der Waals surface area contributed by atoms with Crippen LogP contribution in [-0.4, -0.2) is 14.7 Å². The minimum Gasteiger partial charge on any atom is -0.224 e. The summed E-state index contributed by atoms with van der Waals surface area (Å²) in [5.74, 6) is 0. The summed E-state index contributed by atoms with van der Waals surface area (Å²) in [5, 5.41) is 0. The van der Waals surface area contributed by atoms with Crippen molar-refractivity contribution in [3.8, 4) is 0 Å². The average Bonchev–Trinajstić information content (AvgIpc) is 2.04. The SMILES string of the molecule is [CH2]CCc1ccc(S(C)(=O)=O)cc1. The van der Waals surface area contributed by atoms with Crippen molar-refractivity contribution >= 4 is 9.84 Å². The van der Waals surface area contributed by atoms with Gasteiger partial charge in [0, 0.05) is 6.26 Å². The molecule has 0 aliphatic heterocycles. The largest absolute Gasteiger partial charge is 0.224 e. The van der Waals surface area contributed by atoms with Gasteiger partial charge < -0.3 is 0 Å². The zero-order chi connectivity index (χ0) is 9.90. The van der Waals surface area contributed by atoms with Gasteiger partial charge in [0.1, 0.15) is 0 Å². The summed E-state index contributed by atoms with van der Waals surface area (Å²) in [6, 6.07) is 6.95. The van der Waals surface area contributed by atoms with Crippen molar-refractivity contribution in [2.45, 2.75) is 17.7 Å². The Bertz CT molecular complexity index is 362. The highest BCUT2D eigenvalue weighted by atomic mass is 32.2. The van der Waals surface area contributed by atoms with Crippen molar-refractivity contribution in [3.63, 3.8) is 0 Å². The molecular weight excluding hydrogens is 184 g/mol. The van der Waals surface area contributed by atoms with Gasteiger partial charge in [-0.05, 0) is 30.5 Å². The summed E-state index contributed by atoms with van der Waals surface area (Å²) in [4.78, 5) is 0.375. The van der Waals surface area contributed by atoms with Crippen molar-refractivity contribution in [1.82, 2.24) is 0 Å². The number of sulfone groups is 1. The highest BCUT2D eigenvalue weighted by molar-refractivity contribution is 7.90. The quantitative estimate of drug-likeness (QED) is 0.741. The predicted octanol–water partition coefficient (Wildman–Crippen LogP) is 1.86. The van der Waals surface area contributed by atoms with Crippen molar-refractivity contribution in [3.05, 3.63) is 36.8 Å². The van der Waals surface area contributed by atoms with Crippen LogP contribution < -0.4 is 0 Å². The molecule has 0 unspecified atom stereocenters. The Labute approximate surface area is 79.5 Å². The highest BCUT2D eigenvalue weighted by Crippen LogP contribution is 2.11. The van der Waals surface area contributed by atoms with Gasteiger partial charge in [0.05, 0.1) is 4.90 Å². The molecule has 0 heterocycles. The lowest BCUT2D eigenvalue weighted by atomic mass is 10.1. The molecule has 0 saturated heterocycles. The van der Waals surface area contributed by atoms with Crippen molar-refractivity contribution in [1.29, 1.82) is 0 Å². The van der Waals surface area contributed by atoms with Crippen molar-refractivity contribution in [2.75, 3.05) is 6.26 Å². The second-order valence-electron chi connectivity index (χ2n) is 3.02. The van der Waals surface area contributed by atoms with Gasteiger partial charge in [-0.1, -0.05) is 19.1 Å². The maximum atomic E-state index is 11.1. The maximum Gasteiger partial charge on any atom is 0.175 e. The third-order valence-electron chi connectivity index (χ3n) is 1.82. The lowest BCUT2D eigenvalue weighted by Crippen LogP contribution is -1.96. The molecule has 13 heavy (non-hydrogen) atoms. The van der Waals surface area contributed by atoms with Gasteiger partial charge in [-0.15, -0.1) is 0 Å². The highest BCUT2D eigenvalue weighted by Gasteiger charge is 2.05. The standard InChI is InChI=1S/C10H13O2S/c1-3-4-9-5-7-10(8-6-9)13(2,11)12/h5-8H,1,3-4H2,2H3. The molecule has 0 spiro atoms. The monoisotopic (exact) mass is 197 g/mol. The smallest absolute Gasteiger partial charge is 0.175 e. The summed E-state index contributed by atoms with van der Waals surface area (Å²) in [6.07, 6.45) is 2.94. The Morgan fingerprint density at radius 3 is 2.15 bits per heavy atom. The molecule has 0 amide bonds. The Balaban J connectivity index is 2.94. The summed E-state index contributed by atoms with van der Waals surface area (Å²) < 4.78 is 22.2. The van der Waals surface area contributed by atoms with E-state index in [1.165, 1.54) is 6.26 Å². The Hall–Kier alpha value is -0.830. The lowest BCUT2D eigenvalue weighted by molar-refractivity contribution is 0.602. The second kappa shape index (κ2) is 3.92. The van der Waals surface area contributed by atoms with Crippen LogP contribution in [0.3, 0.4) is 0 Å². The fourth-order valence-corrected chi connectivity index (χ4v) is 1.74. The van der Waals surface area contributed by atoms with Crippen LogP contribution in [0.4, 0.5) is 0 Å². The van der Waals surface area contributed by atoms with Crippen LogP contribution in [0, 0.1) is 6.92 Å². The Morgan fingerprint density at radius 1 is 1.23 bits per heavy atom. The van der Waals surface area contributed by atoms with Crippen LogP contribution in [0.15, 0.2) is 29.2 Å². The minimum atomic E-state index is -3.05. The van der Waals surface area contributed by atoms with Crippen LogP contribution in [0.25, 0.3) is 0 Å². The average molecular weight is 197 g/mol. The number of benzene rings is 1. The second-order valence-corrected chi connectivity index (χ2v) is 5.04. The first-order valence-electron chi connectivity index (χ1n) is 4.12. The molecule has 0 atom stereocenters. The molecule has 0 aliphatic carbocycles. The number of hydrogen-bond donors (Lipinski definition) is 0. The van der Waals surface area contributed by atoms with Crippen molar-refractivity contribution in [2.24, 2.45) is 0 Å². The van der Waals surface area contributed by atoms with Gasteiger partial charge in [0.2, 0.25) is 0 Å². The van der Waals surface area contributed by atoms with Gasteiger partial charge >= 0.3 is 0 Å². The van der Waals surface area contributed by atoms with Crippen LogP contribution in [0.5, 0.6) is 0 Å². The zero-order valence-electron chi connectivity index (χ0n) is 7.66. The van der Waals surface area contributed by atoms with E-state index < -0.39 is 9.84 Å². The molecule has 0 bridgehead atoms. The summed E-state index contributed by atoms with van der Waals surface area (Å²) >= 11 is 0. The third kappa shape index (κ3) is 2.84. The van der Waals surface area contributed by atoms with Gasteiger partial charge in [-0.2, -0.15) is 0 Å². The molecule has 0 aromatic heterocycles. The first-order valence-corrected chi connectivity index (χ1v) is 6.01. The fourth-order valence-electron chi connectivity index (χ4n) is 1.11. The van der Waals surface area contributed by atoms with Crippen LogP contribution in [0.1, 0.15) is 12.0 Å². The van der Waals surface area contributed by atoms with E-state index in [1.807, 2.05) is 12.1 Å².